The number of halogens is 2. The summed E-state index contributed by atoms with van der Waals surface area (Å²) < 4.78 is 0. The van der Waals surface area contributed by atoms with Crippen molar-refractivity contribution in [3.8, 4) is 0 Å². The van der Waals surface area contributed by atoms with Crippen LogP contribution in [0.5, 0.6) is 0 Å². The maximum Gasteiger partial charge on any atom is 0.0516 e. The summed E-state index contributed by atoms with van der Waals surface area (Å²) in [6.07, 6.45) is 1.80. The molecule has 1 rings (SSSR count). The Bertz CT molecular complexity index is 310. The smallest absolute Gasteiger partial charge is 0.0516 e. The lowest BCUT2D eigenvalue weighted by Crippen LogP contribution is -2.13. The minimum atomic E-state index is 0.0739. The van der Waals surface area contributed by atoms with Gasteiger partial charge in [0.2, 0.25) is 0 Å². The molecule has 0 saturated heterocycles. The number of likely N-dealkylation sites (N-methyl/N-ethyl adjacent to an activating group) is 1. The molecule has 0 radical (unpaired) electrons. The van der Waals surface area contributed by atoms with Crippen molar-refractivity contribution in [2.24, 2.45) is 0 Å². The van der Waals surface area contributed by atoms with Crippen molar-refractivity contribution < 1.29 is 0 Å². The topological polar surface area (TPSA) is 12.0 Å². The fourth-order valence-corrected chi connectivity index (χ4v) is 1.68. The third-order valence-corrected chi connectivity index (χ3v) is 2.41. The molecule has 0 aromatic heterocycles. The van der Waals surface area contributed by atoms with E-state index in [0.717, 1.165) is 5.56 Å². The van der Waals surface area contributed by atoms with Crippen molar-refractivity contribution in [2.45, 2.75) is 6.04 Å². The van der Waals surface area contributed by atoms with Crippen LogP contribution in [0.4, 0.5) is 0 Å². The van der Waals surface area contributed by atoms with E-state index in [-0.39, 0.29) is 6.04 Å². The second-order valence-corrected chi connectivity index (χ2v) is 3.51. The SMILES string of the molecule is C=CC(NC)c1ccc(Cl)cc1Cl. The van der Waals surface area contributed by atoms with Gasteiger partial charge in [0, 0.05) is 10.0 Å². The maximum absolute atomic E-state index is 6.01. The van der Waals surface area contributed by atoms with Crippen LogP contribution in [0, 0.1) is 0 Å². The summed E-state index contributed by atoms with van der Waals surface area (Å²) in [6.45, 7) is 3.72. The summed E-state index contributed by atoms with van der Waals surface area (Å²) in [7, 11) is 1.86. The van der Waals surface area contributed by atoms with Gasteiger partial charge in [0.05, 0.1) is 6.04 Å². The van der Waals surface area contributed by atoms with Crippen molar-refractivity contribution in [3.05, 3.63) is 46.5 Å². The van der Waals surface area contributed by atoms with Gasteiger partial charge in [-0.3, -0.25) is 0 Å². The molecule has 1 N–H and O–H groups in total. The molecule has 70 valence electrons. The zero-order valence-corrected chi connectivity index (χ0v) is 8.86. The third-order valence-electron chi connectivity index (χ3n) is 1.84. The average molecular weight is 216 g/mol. The molecule has 1 aromatic rings. The summed E-state index contributed by atoms with van der Waals surface area (Å²) in [5, 5.41) is 4.39. The molecule has 0 bridgehead atoms. The number of hydrogen-bond donors (Lipinski definition) is 1. The number of hydrogen-bond acceptors (Lipinski definition) is 1. The predicted molar refractivity (Wildman–Crippen MR) is 58.5 cm³/mol. The molecule has 1 atom stereocenters. The van der Waals surface area contributed by atoms with Gasteiger partial charge in [-0.15, -0.1) is 6.58 Å². The first-order chi connectivity index (χ1) is 6.19. The van der Waals surface area contributed by atoms with Gasteiger partial charge >= 0.3 is 0 Å². The molecule has 0 spiro atoms. The van der Waals surface area contributed by atoms with E-state index < -0.39 is 0 Å². The van der Waals surface area contributed by atoms with E-state index in [1.165, 1.54) is 0 Å². The van der Waals surface area contributed by atoms with Gasteiger partial charge in [0.25, 0.3) is 0 Å². The minimum Gasteiger partial charge on any atom is -0.310 e. The van der Waals surface area contributed by atoms with E-state index in [9.17, 15) is 0 Å². The second-order valence-electron chi connectivity index (χ2n) is 2.67. The van der Waals surface area contributed by atoms with E-state index in [1.807, 2.05) is 19.2 Å². The van der Waals surface area contributed by atoms with Gasteiger partial charge in [-0.05, 0) is 24.7 Å². The second kappa shape index (κ2) is 4.66. The summed E-state index contributed by atoms with van der Waals surface area (Å²) in [5.74, 6) is 0. The number of benzene rings is 1. The predicted octanol–water partition coefficient (Wildman–Crippen LogP) is 3.44. The van der Waals surface area contributed by atoms with Crippen LogP contribution < -0.4 is 5.32 Å². The van der Waals surface area contributed by atoms with Crippen LogP contribution in [-0.2, 0) is 0 Å². The number of nitrogens with one attached hydrogen (secondary N) is 1. The summed E-state index contributed by atoms with van der Waals surface area (Å²) in [4.78, 5) is 0. The van der Waals surface area contributed by atoms with Crippen molar-refractivity contribution >= 4 is 23.2 Å². The summed E-state index contributed by atoms with van der Waals surface area (Å²) in [6, 6.07) is 5.51. The van der Waals surface area contributed by atoms with E-state index in [0.29, 0.717) is 10.0 Å². The molecule has 1 aromatic carbocycles. The lowest BCUT2D eigenvalue weighted by molar-refractivity contribution is 0.716. The first-order valence-corrected chi connectivity index (χ1v) is 4.69. The Kier molecular flexibility index (Phi) is 3.79. The van der Waals surface area contributed by atoms with Crippen LogP contribution in [0.15, 0.2) is 30.9 Å². The molecular weight excluding hydrogens is 205 g/mol. The Morgan fingerprint density at radius 1 is 1.46 bits per heavy atom. The summed E-state index contributed by atoms with van der Waals surface area (Å²) >= 11 is 11.8. The molecule has 0 heterocycles. The molecule has 0 fully saturated rings. The standard InChI is InChI=1S/C10H11Cl2N/c1-3-10(13-2)8-5-4-7(11)6-9(8)12/h3-6,10,13H,1H2,2H3. The highest BCUT2D eigenvalue weighted by atomic mass is 35.5. The molecule has 1 unspecified atom stereocenters. The minimum absolute atomic E-state index is 0.0739. The van der Waals surface area contributed by atoms with Crippen LogP contribution in [-0.4, -0.2) is 7.05 Å². The lowest BCUT2D eigenvalue weighted by atomic mass is 10.1. The first kappa shape index (κ1) is 10.6. The monoisotopic (exact) mass is 215 g/mol. The van der Waals surface area contributed by atoms with Gasteiger partial charge in [-0.25, -0.2) is 0 Å². The van der Waals surface area contributed by atoms with Gasteiger partial charge in [-0.1, -0.05) is 35.3 Å². The molecule has 0 aliphatic carbocycles. The molecule has 13 heavy (non-hydrogen) atoms. The van der Waals surface area contributed by atoms with E-state index in [4.69, 9.17) is 23.2 Å². The highest BCUT2D eigenvalue weighted by Gasteiger charge is 2.08. The Labute approximate surface area is 88.4 Å². The van der Waals surface area contributed by atoms with E-state index in [1.54, 1.807) is 12.1 Å². The van der Waals surface area contributed by atoms with E-state index >= 15 is 0 Å². The van der Waals surface area contributed by atoms with Crippen molar-refractivity contribution in [1.82, 2.24) is 5.32 Å². The Balaban J connectivity index is 3.06. The van der Waals surface area contributed by atoms with Crippen molar-refractivity contribution in [1.29, 1.82) is 0 Å². The molecule has 0 saturated carbocycles. The average Bonchev–Trinajstić information content (AvgIpc) is 2.10. The molecule has 1 nitrogen and oxygen atoms in total. The third kappa shape index (κ3) is 2.47. The molecule has 0 aliphatic heterocycles. The normalized spacial score (nSPS) is 12.5. The molecule has 0 amide bonds. The fraction of sp³-hybridized carbons (Fsp3) is 0.200. The largest absolute Gasteiger partial charge is 0.310 e. The molecule has 3 heteroatoms. The van der Waals surface area contributed by atoms with Crippen LogP contribution in [0.2, 0.25) is 10.0 Å². The van der Waals surface area contributed by atoms with Gasteiger partial charge in [0.1, 0.15) is 0 Å². The van der Waals surface area contributed by atoms with Crippen molar-refractivity contribution in [3.63, 3.8) is 0 Å². The van der Waals surface area contributed by atoms with Gasteiger partial charge in [0.15, 0.2) is 0 Å². The Morgan fingerprint density at radius 3 is 2.62 bits per heavy atom. The number of rotatable bonds is 3. The van der Waals surface area contributed by atoms with Crippen molar-refractivity contribution in [2.75, 3.05) is 7.05 Å². The quantitative estimate of drug-likeness (QED) is 0.763. The van der Waals surface area contributed by atoms with Crippen LogP contribution >= 0.6 is 23.2 Å². The van der Waals surface area contributed by atoms with Crippen LogP contribution in [0.1, 0.15) is 11.6 Å². The molecule has 0 aliphatic rings. The van der Waals surface area contributed by atoms with Crippen LogP contribution in [0.3, 0.4) is 0 Å². The highest BCUT2D eigenvalue weighted by molar-refractivity contribution is 6.35. The Hall–Kier alpha value is -0.500. The zero-order valence-electron chi connectivity index (χ0n) is 7.35. The van der Waals surface area contributed by atoms with E-state index in [2.05, 4.69) is 11.9 Å². The molecular formula is C10H11Cl2N. The highest BCUT2D eigenvalue weighted by Crippen LogP contribution is 2.26. The Morgan fingerprint density at radius 2 is 2.15 bits per heavy atom. The summed E-state index contributed by atoms with van der Waals surface area (Å²) in [5.41, 5.74) is 0.989. The van der Waals surface area contributed by atoms with Crippen LogP contribution in [0.25, 0.3) is 0 Å². The zero-order chi connectivity index (χ0) is 9.84. The van der Waals surface area contributed by atoms with Gasteiger partial charge in [-0.2, -0.15) is 0 Å². The lowest BCUT2D eigenvalue weighted by Gasteiger charge is -2.13. The first-order valence-electron chi connectivity index (χ1n) is 3.93. The maximum atomic E-state index is 6.01. The van der Waals surface area contributed by atoms with Gasteiger partial charge < -0.3 is 5.32 Å². The fourth-order valence-electron chi connectivity index (χ4n) is 1.15.